The maximum atomic E-state index is 11.9. The second-order valence-electron chi connectivity index (χ2n) is 4.66. The van der Waals surface area contributed by atoms with Crippen LogP contribution in [-0.4, -0.2) is 57.9 Å². The van der Waals surface area contributed by atoms with E-state index < -0.39 is 10.0 Å². The summed E-state index contributed by atoms with van der Waals surface area (Å²) >= 11 is 0. The third kappa shape index (κ3) is 8.85. The molecule has 110 valence electrons. The van der Waals surface area contributed by atoms with Gasteiger partial charge in [-0.1, -0.05) is 6.92 Å². The topological polar surface area (TPSA) is 58.6 Å². The summed E-state index contributed by atoms with van der Waals surface area (Å²) in [6.45, 7) is 8.53. The zero-order valence-electron chi connectivity index (χ0n) is 12.1. The van der Waals surface area contributed by atoms with Crippen LogP contribution in [0.4, 0.5) is 0 Å². The Balaban J connectivity index is 3.82. The number of sulfonamides is 1. The molecule has 0 aromatic carbocycles. The quantitative estimate of drug-likeness (QED) is 0.575. The summed E-state index contributed by atoms with van der Waals surface area (Å²) < 4.78 is 30.5. The first-order chi connectivity index (χ1) is 8.40. The SMILES string of the molecule is CCCNCCCS(=O)(=O)N(C)CCOC(C)C. The zero-order valence-corrected chi connectivity index (χ0v) is 12.9. The molecule has 0 aliphatic carbocycles. The van der Waals surface area contributed by atoms with E-state index in [-0.39, 0.29) is 11.9 Å². The second-order valence-corrected chi connectivity index (χ2v) is 6.86. The first-order valence-corrected chi connectivity index (χ1v) is 8.27. The maximum Gasteiger partial charge on any atom is 0.213 e. The van der Waals surface area contributed by atoms with Crippen LogP contribution < -0.4 is 5.32 Å². The lowest BCUT2D eigenvalue weighted by Crippen LogP contribution is -2.33. The van der Waals surface area contributed by atoms with E-state index in [1.165, 1.54) is 4.31 Å². The number of ether oxygens (including phenoxy) is 1. The van der Waals surface area contributed by atoms with Gasteiger partial charge in [0.15, 0.2) is 0 Å². The Hall–Kier alpha value is -0.170. The highest BCUT2D eigenvalue weighted by Crippen LogP contribution is 2.00. The van der Waals surface area contributed by atoms with E-state index in [1.807, 2.05) is 13.8 Å². The molecule has 0 spiro atoms. The van der Waals surface area contributed by atoms with Gasteiger partial charge in [0.25, 0.3) is 0 Å². The van der Waals surface area contributed by atoms with Crippen LogP contribution in [0.2, 0.25) is 0 Å². The molecule has 0 saturated carbocycles. The van der Waals surface area contributed by atoms with Crippen molar-refractivity contribution in [2.75, 3.05) is 39.0 Å². The molecule has 0 saturated heterocycles. The zero-order chi connectivity index (χ0) is 14.0. The van der Waals surface area contributed by atoms with Crippen LogP contribution in [0.1, 0.15) is 33.6 Å². The Kier molecular flexibility index (Phi) is 9.63. The predicted molar refractivity (Wildman–Crippen MR) is 75.3 cm³/mol. The summed E-state index contributed by atoms with van der Waals surface area (Å²) in [6.07, 6.45) is 1.86. The molecule has 5 nitrogen and oxygen atoms in total. The lowest BCUT2D eigenvalue weighted by Gasteiger charge is -2.18. The standard InChI is InChI=1S/C12H28N2O3S/c1-5-7-13-8-6-11-18(15,16)14(4)9-10-17-12(2)3/h12-13H,5-11H2,1-4H3. The predicted octanol–water partition coefficient (Wildman–Crippen LogP) is 1.06. The first kappa shape index (κ1) is 17.8. The van der Waals surface area contributed by atoms with Crippen LogP contribution in [0.25, 0.3) is 0 Å². The van der Waals surface area contributed by atoms with E-state index in [0.29, 0.717) is 19.6 Å². The molecule has 0 heterocycles. The molecule has 0 aliphatic heterocycles. The van der Waals surface area contributed by atoms with Crippen LogP contribution in [0, 0.1) is 0 Å². The molecular formula is C12H28N2O3S. The van der Waals surface area contributed by atoms with Crippen LogP contribution in [0.15, 0.2) is 0 Å². The number of hydrogen-bond acceptors (Lipinski definition) is 4. The fraction of sp³-hybridized carbons (Fsp3) is 1.00. The third-order valence-electron chi connectivity index (χ3n) is 2.51. The second kappa shape index (κ2) is 9.72. The Bertz CT molecular complexity index is 292. The fourth-order valence-corrected chi connectivity index (χ4v) is 2.57. The van der Waals surface area contributed by atoms with Crippen molar-refractivity contribution in [2.24, 2.45) is 0 Å². The molecule has 0 amide bonds. The molecule has 0 unspecified atom stereocenters. The van der Waals surface area contributed by atoms with Crippen molar-refractivity contribution in [3.63, 3.8) is 0 Å². The minimum Gasteiger partial charge on any atom is -0.377 e. The Morgan fingerprint density at radius 3 is 2.50 bits per heavy atom. The molecule has 0 atom stereocenters. The van der Waals surface area contributed by atoms with Gasteiger partial charge in [-0.25, -0.2) is 12.7 Å². The van der Waals surface area contributed by atoms with E-state index in [4.69, 9.17) is 4.74 Å². The summed E-state index contributed by atoms with van der Waals surface area (Å²) in [5, 5.41) is 3.20. The Labute approximate surface area is 112 Å². The van der Waals surface area contributed by atoms with Gasteiger partial charge in [0.05, 0.1) is 18.5 Å². The normalized spacial score (nSPS) is 12.6. The Morgan fingerprint density at radius 1 is 1.28 bits per heavy atom. The number of hydrogen-bond donors (Lipinski definition) is 1. The molecule has 0 radical (unpaired) electrons. The van der Waals surface area contributed by atoms with Crippen molar-refractivity contribution in [1.82, 2.24) is 9.62 Å². The molecule has 0 aliphatic rings. The van der Waals surface area contributed by atoms with Gasteiger partial charge in [-0.3, -0.25) is 0 Å². The van der Waals surface area contributed by atoms with Crippen LogP contribution in [0.3, 0.4) is 0 Å². The summed E-state index contributed by atoms with van der Waals surface area (Å²) in [5.74, 6) is 0.196. The van der Waals surface area contributed by atoms with E-state index in [1.54, 1.807) is 7.05 Å². The summed E-state index contributed by atoms with van der Waals surface area (Å²) in [6, 6.07) is 0. The van der Waals surface area contributed by atoms with Crippen LogP contribution >= 0.6 is 0 Å². The van der Waals surface area contributed by atoms with Gasteiger partial charge in [-0.15, -0.1) is 0 Å². The van der Waals surface area contributed by atoms with E-state index >= 15 is 0 Å². The third-order valence-corrected chi connectivity index (χ3v) is 4.45. The fourth-order valence-electron chi connectivity index (χ4n) is 1.39. The number of nitrogens with zero attached hydrogens (tertiary/aromatic N) is 1. The monoisotopic (exact) mass is 280 g/mol. The molecule has 18 heavy (non-hydrogen) atoms. The maximum absolute atomic E-state index is 11.9. The summed E-state index contributed by atoms with van der Waals surface area (Å²) in [5.41, 5.74) is 0. The molecule has 6 heteroatoms. The van der Waals surface area contributed by atoms with Crippen molar-refractivity contribution >= 4 is 10.0 Å². The van der Waals surface area contributed by atoms with Crippen molar-refractivity contribution in [3.05, 3.63) is 0 Å². The molecule has 0 bridgehead atoms. The van der Waals surface area contributed by atoms with Crippen molar-refractivity contribution in [1.29, 1.82) is 0 Å². The van der Waals surface area contributed by atoms with E-state index in [2.05, 4.69) is 12.2 Å². The van der Waals surface area contributed by atoms with Gasteiger partial charge in [-0.05, 0) is 39.8 Å². The molecule has 1 N–H and O–H groups in total. The number of rotatable bonds is 11. The average Bonchev–Trinajstić information content (AvgIpc) is 2.28. The lowest BCUT2D eigenvalue weighted by atomic mass is 10.4. The largest absolute Gasteiger partial charge is 0.377 e. The Morgan fingerprint density at radius 2 is 1.94 bits per heavy atom. The first-order valence-electron chi connectivity index (χ1n) is 6.66. The smallest absolute Gasteiger partial charge is 0.213 e. The van der Waals surface area contributed by atoms with Gasteiger partial charge >= 0.3 is 0 Å². The van der Waals surface area contributed by atoms with Gasteiger partial charge in [0.2, 0.25) is 10.0 Å². The highest BCUT2D eigenvalue weighted by molar-refractivity contribution is 7.89. The molecule has 0 rings (SSSR count). The minimum absolute atomic E-state index is 0.138. The van der Waals surface area contributed by atoms with Crippen molar-refractivity contribution in [3.8, 4) is 0 Å². The van der Waals surface area contributed by atoms with E-state index in [9.17, 15) is 8.42 Å². The average molecular weight is 280 g/mol. The highest BCUT2D eigenvalue weighted by atomic mass is 32.2. The number of likely N-dealkylation sites (N-methyl/N-ethyl adjacent to an activating group) is 1. The van der Waals surface area contributed by atoms with Crippen molar-refractivity contribution in [2.45, 2.75) is 39.7 Å². The number of nitrogens with one attached hydrogen (secondary N) is 1. The molecular weight excluding hydrogens is 252 g/mol. The molecule has 0 fully saturated rings. The van der Waals surface area contributed by atoms with Crippen molar-refractivity contribution < 1.29 is 13.2 Å². The summed E-state index contributed by atoms with van der Waals surface area (Å²) in [7, 11) is -1.52. The highest BCUT2D eigenvalue weighted by Gasteiger charge is 2.16. The van der Waals surface area contributed by atoms with Crippen LogP contribution in [-0.2, 0) is 14.8 Å². The lowest BCUT2D eigenvalue weighted by molar-refractivity contribution is 0.0737. The van der Waals surface area contributed by atoms with Gasteiger partial charge in [0.1, 0.15) is 0 Å². The molecule has 0 aromatic rings. The summed E-state index contributed by atoms with van der Waals surface area (Å²) in [4.78, 5) is 0. The van der Waals surface area contributed by atoms with Gasteiger partial charge in [0, 0.05) is 13.6 Å². The van der Waals surface area contributed by atoms with E-state index in [0.717, 1.165) is 19.5 Å². The minimum atomic E-state index is -3.13. The van der Waals surface area contributed by atoms with Crippen LogP contribution in [0.5, 0.6) is 0 Å². The molecule has 0 aromatic heterocycles. The van der Waals surface area contributed by atoms with Gasteiger partial charge < -0.3 is 10.1 Å². The van der Waals surface area contributed by atoms with Gasteiger partial charge in [-0.2, -0.15) is 0 Å².